The molecular formula is C16H15N2Tl. The second kappa shape index (κ2) is 5.09. The second-order valence-corrected chi connectivity index (χ2v) is 5.92. The summed E-state index contributed by atoms with van der Waals surface area (Å²) in [4.78, 5) is 0. The number of hydrogen-bond acceptors (Lipinski definition) is 2. The molecule has 3 rings (SSSR count). The molecule has 0 bridgehead atoms. The molecule has 0 saturated heterocycles. The Balaban J connectivity index is 2.39. The van der Waals surface area contributed by atoms with E-state index in [0.717, 1.165) is 25.8 Å². The third-order valence-electron chi connectivity index (χ3n) is 3.58. The van der Waals surface area contributed by atoms with Crippen molar-refractivity contribution in [1.82, 2.24) is 5.43 Å². The molecule has 1 heterocycles. The van der Waals surface area contributed by atoms with Gasteiger partial charge in [0.05, 0.1) is 0 Å². The maximum absolute atomic E-state index is 3.33. The molecule has 0 fully saturated rings. The van der Waals surface area contributed by atoms with Crippen molar-refractivity contribution in [2.24, 2.45) is 0 Å². The number of rotatable bonds is 1. The molecule has 2 aromatic carbocycles. The molecule has 1 N–H and O–H groups in total. The zero-order valence-corrected chi connectivity index (χ0v) is 15.6. The Morgan fingerprint density at radius 2 is 1.68 bits per heavy atom. The summed E-state index contributed by atoms with van der Waals surface area (Å²) in [5.41, 5.74) is 11.1. The number of nitrogens with one attached hydrogen (secondary N) is 1. The van der Waals surface area contributed by atoms with Gasteiger partial charge in [-0.2, -0.15) is 0 Å². The molecule has 0 atom stereocenters. The van der Waals surface area contributed by atoms with Crippen molar-refractivity contribution < 1.29 is 0 Å². The molecule has 1 aliphatic heterocycles. The van der Waals surface area contributed by atoms with Gasteiger partial charge in [-0.05, 0) is 0 Å². The van der Waals surface area contributed by atoms with E-state index in [1.54, 1.807) is 0 Å². The van der Waals surface area contributed by atoms with Crippen molar-refractivity contribution in [3.8, 4) is 11.1 Å². The van der Waals surface area contributed by atoms with E-state index in [-0.39, 0.29) is 0 Å². The third-order valence-corrected chi connectivity index (χ3v) is 4.80. The van der Waals surface area contributed by atoms with Gasteiger partial charge in [-0.25, -0.2) is 0 Å². The number of nitrogens with zero attached hydrogens (tertiary/aromatic N) is 1. The van der Waals surface area contributed by atoms with Crippen molar-refractivity contribution in [3.05, 3.63) is 57.2 Å². The Hall–Kier alpha value is -1.14. The number of aryl methyl sites for hydroxylation is 1. The van der Waals surface area contributed by atoms with Crippen LogP contribution >= 0.6 is 0 Å². The number of para-hydroxylation sites is 1. The average molecular weight is 440 g/mol. The Morgan fingerprint density at radius 1 is 1.00 bits per heavy atom. The minimum absolute atomic E-state index is 0.828. The SMILES string of the molecule is CNN1/C(=[CH]\[Tl])c2ccccc2-c2cccc(C)c21. The van der Waals surface area contributed by atoms with Gasteiger partial charge in [0, 0.05) is 0 Å². The first-order valence-corrected chi connectivity index (χ1v) is 8.96. The average Bonchev–Trinajstić information content (AvgIpc) is 2.46. The monoisotopic (exact) mass is 440 g/mol. The Morgan fingerprint density at radius 3 is 2.37 bits per heavy atom. The van der Waals surface area contributed by atoms with Gasteiger partial charge in [-0.15, -0.1) is 0 Å². The van der Waals surface area contributed by atoms with Gasteiger partial charge < -0.3 is 0 Å². The van der Waals surface area contributed by atoms with Crippen LogP contribution in [0.3, 0.4) is 0 Å². The van der Waals surface area contributed by atoms with Crippen molar-refractivity contribution >= 4 is 37.2 Å². The zero-order chi connectivity index (χ0) is 13.4. The molecule has 2 nitrogen and oxygen atoms in total. The fraction of sp³-hybridized carbons (Fsp3) is 0.125. The van der Waals surface area contributed by atoms with E-state index < -0.39 is 0 Å². The van der Waals surface area contributed by atoms with E-state index in [0.29, 0.717) is 0 Å². The molecule has 0 unspecified atom stereocenters. The van der Waals surface area contributed by atoms with Gasteiger partial charge in [-0.1, -0.05) is 0 Å². The number of benzene rings is 2. The van der Waals surface area contributed by atoms with Gasteiger partial charge >= 0.3 is 130 Å². The summed E-state index contributed by atoms with van der Waals surface area (Å²) in [5, 5.41) is 2.22. The number of anilines is 1. The number of fused-ring (bicyclic) bond motifs is 3. The van der Waals surface area contributed by atoms with Crippen molar-refractivity contribution in [3.63, 3.8) is 0 Å². The molecule has 0 amide bonds. The summed E-state index contributed by atoms with van der Waals surface area (Å²) in [5.74, 6) is 0. The fourth-order valence-corrected chi connectivity index (χ4v) is 4.03. The molecule has 2 aromatic rings. The van der Waals surface area contributed by atoms with Gasteiger partial charge in [0.15, 0.2) is 0 Å². The van der Waals surface area contributed by atoms with Crippen LogP contribution in [0.25, 0.3) is 16.8 Å². The minimum atomic E-state index is 0.828. The second-order valence-electron chi connectivity index (χ2n) is 4.63. The van der Waals surface area contributed by atoms with Crippen LogP contribution in [0.4, 0.5) is 5.69 Å². The van der Waals surface area contributed by atoms with Crippen LogP contribution in [-0.4, -0.2) is 32.8 Å². The summed E-state index contributed by atoms with van der Waals surface area (Å²) >= 11 is 0.828. The zero-order valence-electron chi connectivity index (χ0n) is 11.1. The molecule has 0 radical (unpaired) electrons. The van der Waals surface area contributed by atoms with Gasteiger partial charge in [-0.3, -0.25) is 0 Å². The predicted molar refractivity (Wildman–Crippen MR) is 81.9 cm³/mol. The molecule has 1 aliphatic rings. The van der Waals surface area contributed by atoms with Crippen LogP contribution in [0.2, 0.25) is 0 Å². The number of hydrogen-bond donors (Lipinski definition) is 1. The van der Waals surface area contributed by atoms with E-state index in [1.165, 1.54) is 33.6 Å². The molecule has 3 heteroatoms. The van der Waals surface area contributed by atoms with Crippen LogP contribution in [-0.2, 0) is 0 Å². The maximum atomic E-state index is 3.33. The standard InChI is InChI=1S/C16H15N2.Tl/c1-11-7-6-10-15-14-9-5-4-8-13(14)12(2)18(17-3)16(11)15;/h2,4-10,17H,1,3H3;. The van der Waals surface area contributed by atoms with Crippen LogP contribution < -0.4 is 10.4 Å². The van der Waals surface area contributed by atoms with E-state index in [9.17, 15) is 0 Å². The molecule has 0 saturated carbocycles. The van der Waals surface area contributed by atoms with E-state index in [1.807, 2.05) is 7.05 Å². The molecule has 92 valence electrons. The van der Waals surface area contributed by atoms with Crippen LogP contribution in [0.1, 0.15) is 11.1 Å². The molecule has 19 heavy (non-hydrogen) atoms. The molecule has 0 aliphatic carbocycles. The fourth-order valence-electron chi connectivity index (χ4n) is 2.75. The predicted octanol–water partition coefficient (Wildman–Crippen LogP) is 3.08. The van der Waals surface area contributed by atoms with E-state index in [2.05, 4.69) is 63.5 Å². The third kappa shape index (κ3) is 1.94. The summed E-state index contributed by atoms with van der Waals surface area (Å²) < 4.78 is 2.32. The molecular weight excluding hydrogens is 425 g/mol. The molecule has 0 aromatic heterocycles. The van der Waals surface area contributed by atoms with Crippen molar-refractivity contribution in [2.45, 2.75) is 6.92 Å². The Labute approximate surface area is 129 Å². The van der Waals surface area contributed by atoms with Gasteiger partial charge in [0.1, 0.15) is 0 Å². The normalized spacial score (nSPS) is 15.2. The van der Waals surface area contributed by atoms with Crippen molar-refractivity contribution in [1.29, 1.82) is 0 Å². The Kier molecular flexibility index (Phi) is 3.45. The topological polar surface area (TPSA) is 15.3 Å². The summed E-state index contributed by atoms with van der Waals surface area (Å²) in [6.45, 7) is 2.17. The first-order valence-electron chi connectivity index (χ1n) is 6.36. The van der Waals surface area contributed by atoms with E-state index in [4.69, 9.17) is 0 Å². The van der Waals surface area contributed by atoms with Crippen LogP contribution in [0.5, 0.6) is 0 Å². The Bertz CT molecular complexity index is 662. The summed E-state index contributed by atoms with van der Waals surface area (Å²) in [6.07, 6.45) is 0. The quantitative estimate of drug-likeness (QED) is 0.687. The van der Waals surface area contributed by atoms with Crippen LogP contribution in [0, 0.1) is 6.92 Å². The summed E-state index contributed by atoms with van der Waals surface area (Å²) in [7, 11) is 1.98. The first-order chi connectivity index (χ1) is 9.27. The molecule has 0 spiro atoms. The van der Waals surface area contributed by atoms with Gasteiger partial charge in [0.2, 0.25) is 0 Å². The van der Waals surface area contributed by atoms with Gasteiger partial charge in [0.25, 0.3) is 0 Å². The first kappa shape index (κ1) is 12.9. The summed E-state index contributed by atoms with van der Waals surface area (Å²) in [6, 6.07) is 15.2. The van der Waals surface area contributed by atoms with E-state index >= 15 is 0 Å². The number of hydrazine groups is 1. The van der Waals surface area contributed by atoms with Crippen molar-refractivity contribution in [2.75, 3.05) is 12.1 Å². The van der Waals surface area contributed by atoms with Crippen LogP contribution in [0.15, 0.2) is 46.1 Å².